The van der Waals surface area contributed by atoms with Crippen molar-refractivity contribution in [1.82, 2.24) is 15.1 Å². The lowest BCUT2D eigenvalue weighted by Gasteiger charge is -2.12. The highest BCUT2D eigenvalue weighted by Crippen LogP contribution is 2.44. The number of aromatic nitrogens is 2. The Bertz CT molecular complexity index is 355. The zero-order valence-corrected chi connectivity index (χ0v) is 10.2. The van der Waals surface area contributed by atoms with Crippen LogP contribution in [-0.2, 0) is 20.0 Å². The first-order chi connectivity index (χ1) is 7.69. The predicted octanol–water partition coefficient (Wildman–Crippen LogP) is 0.845. The zero-order valence-electron chi connectivity index (χ0n) is 10.2. The van der Waals surface area contributed by atoms with Gasteiger partial charge >= 0.3 is 0 Å². The van der Waals surface area contributed by atoms with Gasteiger partial charge in [0.05, 0.1) is 5.69 Å². The molecule has 1 fully saturated rings. The number of aliphatic hydroxyl groups excluding tert-OH is 1. The van der Waals surface area contributed by atoms with Gasteiger partial charge in [0.2, 0.25) is 0 Å². The van der Waals surface area contributed by atoms with Crippen molar-refractivity contribution in [2.75, 3.05) is 13.2 Å². The molecule has 1 aromatic heterocycles. The third-order valence-electron chi connectivity index (χ3n) is 3.43. The van der Waals surface area contributed by atoms with Gasteiger partial charge in [0, 0.05) is 43.9 Å². The van der Waals surface area contributed by atoms with E-state index in [9.17, 15) is 5.11 Å². The molecule has 90 valence electrons. The van der Waals surface area contributed by atoms with E-state index >= 15 is 0 Å². The highest BCUT2D eigenvalue weighted by molar-refractivity contribution is 5.16. The van der Waals surface area contributed by atoms with Gasteiger partial charge in [-0.1, -0.05) is 6.92 Å². The number of aliphatic hydroxyl groups is 1. The molecule has 16 heavy (non-hydrogen) atoms. The molecule has 0 atom stereocenters. The van der Waals surface area contributed by atoms with Gasteiger partial charge in [-0.3, -0.25) is 4.68 Å². The molecule has 4 heteroatoms. The highest BCUT2D eigenvalue weighted by atomic mass is 16.3. The molecule has 0 amide bonds. The molecule has 1 heterocycles. The Morgan fingerprint density at radius 3 is 2.88 bits per heavy atom. The van der Waals surface area contributed by atoms with Crippen LogP contribution in [0.2, 0.25) is 0 Å². The smallest absolute Gasteiger partial charge is 0.0666 e. The second kappa shape index (κ2) is 4.55. The summed E-state index contributed by atoms with van der Waals surface area (Å²) in [6, 6.07) is 0. The topological polar surface area (TPSA) is 50.1 Å². The quantitative estimate of drug-likeness (QED) is 0.751. The number of hydrogen-bond donors (Lipinski definition) is 2. The summed E-state index contributed by atoms with van der Waals surface area (Å²) < 4.78 is 1.87. The fraction of sp³-hybridized carbons (Fsp3) is 0.750. The molecule has 0 aromatic carbocycles. The van der Waals surface area contributed by atoms with Crippen LogP contribution in [0.5, 0.6) is 0 Å². The monoisotopic (exact) mass is 223 g/mol. The van der Waals surface area contributed by atoms with Crippen LogP contribution in [0.3, 0.4) is 0 Å². The first-order valence-electron chi connectivity index (χ1n) is 6.02. The van der Waals surface area contributed by atoms with Crippen molar-refractivity contribution in [2.45, 2.75) is 32.7 Å². The van der Waals surface area contributed by atoms with Crippen LogP contribution in [0, 0.1) is 5.41 Å². The molecule has 0 radical (unpaired) electrons. The maximum atomic E-state index is 9.20. The van der Waals surface area contributed by atoms with Gasteiger partial charge in [-0.15, -0.1) is 0 Å². The number of aryl methyl sites for hydroxylation is 2. The second-order valence-electron chi connectivity index (χ2n) is 4.89. The van der Waals surface area contributed by atoms with Gasteiger partial charge in [-0.2, -0.15) is 5.10 Å². The van der Waals surface area contributed by atoms with Gasteiger partial charge in [0.25, 0.3) is 0 Å². The minimum absolute atomic E-state index is 0.189. The van der Waals surface area contributed by atoms with Crippen LogP contribution < -0.4 is 5.32 Å². The van der Waals surface area contributed by atoms with Crippen molar-refractivity contribution in [3.05, 3.63) is 17.5 Å². The predicted molar refractivity (Wildman–Crippen MR) is 63.0 cm³/mol. The molecular formula is C12H21N3O. The molecule has 2 rings (SSSR count). The maximum Gasteiger partial charge on any atom is 0.0666 e. The van der Waals surface area contributed by atoms with Gasteiger partial charge in [-0.25, -0.2) is 0 Å². The first-order valence-corrected chi connectivity index (χ1v) is 6.02. The molecule has 1 saturated carbocycles. The Morgan fingerprint density at radius 2 is 2.31 bits per heavy atom. The molecule has 1 aliphatic rings. The Hall–Kier alpha value is -0.870. The lowest BCUT2D eigenvalue weighted by Crippen LogP contribution is -2.26. The molecule has 1 aromatic rings. The van der Waals surface area contributed by atoms with Crippen LogP contribution in [0.25, 0.3) is 0 Å². The number of nitrogens with zero attached hydrogens (tertiary/aromatic N) is 2. The van der Waals surface area contributed by atoms with Crippen LogP contribution in [0.1, 0.15) is 31.0 Å². The summed E-state index contributed by atoms with van der Waals surface area (Å²) in [4.78, 5) is 0. The molecule has 0 unspecified atom stereocenters. The van der Waals surface area contributed by atoms with Crippen molar-refractivity contribution < 1.29 is 5.11 Å². The van der Waals surface area contributed by atoms with Crippen LogP contribution in [0.15, 0.2) is 6.20 Å². The summed E-state index contributed by atoms with van der Waals surface area (Å²) in [5.41, 5.74) is 2.64. The minimum atomic E-state index is 0.189. The second-order valence-corrected chi connectivity index (χ2v) is 4.89. The Morgan fingerprint density at radius 1 is 1.56 bits per heavy atom. The standard InChI is InChI=1S/C12H21N3O/c1-3-11-10(7-15(2)14-11)6-13-8-12(9-16)4-5-12/h7,13,16H,3-6,8-9H2,1-2H3. The normalized spacial score (nSPS) is 17.7. The van der Waals surface area contributed by atoms with E-state index in [1.807, 2.05) is 11.7 Å². The van der Waals surface area contributed by atoms with Crippen molar-refractivity contribution in [2.24, 2.45) is 12.5 Å². The van der Waals surface area contributed by atoms with Crippen LogP contribution in [-0.4, -0.2) is 28.0 Å². The lowest BCUT2D eigenvalue weighted by molar-refractivity contribution is 0.207. The molecule has 0 bridgehead atoms. The van der Waals surface area contributed by atoms with E-state index < -0.39 is 0 Å². The van der Waals surface area contributed by atoms with Crippen molar-refractivity contribution >= 4 is 0 Å². The SMILES string of the molecule is CCc1nn(C)cc1CNCC1(CO)CC1. The van der Waals surface area contributed by atoms with Gasteiger partial charge in [0.1, 0.15) is 0 Å². The average molecular weight is 223 g/mol. The fourth-order valence-corrected chi connectivity index (χ4v) is 2.06. The lowest BCUT2D eigenvalue weighted by atomic mass is 10.1. The molecule has 1 aliphatic carbocycles. The molecule has 0 saturated heterocycles. The Balaban J connectivity index is 1.84. The number of rotatable bonds is 6. The Labute approximate surface area is 96.7 Å². The first kappa shape index (κ1) is 11.6. The fourth-order valence-electron chi connectivity index (χ4n) is 2.06. The van der Waals surface area contributed by atoms with Crippen molar-refractivity contribution in [3.63, 3.8) is 0 Å². The van der Waals surface area contributed by atoms with Crippen molar-refractivity contribution in [3.8, 4) is 0 Å². The van der Waals surface area contributed by atoms with Crippen LogP contribution >= 0.6 is 0 Å². The summed E-state index contributed by atoms with van der Waals surface area (Å²) in [6.07, 6.45) is 5.36. The van der Waals surface area contributed by atoms with E-state index in [-0.39, 0.29) is 5.41 Å². The van der Waals surface area contributed by atoms with E-state index in [1.165, 1.54) is 11.3 Å². The zero-order chi connectivity index (χ0) is 11.6. The number of nitrogens with one attached hydrogen (secondary N) is 1. The minimum Gasteiger partial charge on any atom is -0.396 e. The van der Waals surface area contributed by atoms with E-state index in [0.29, 0.717) is 6.61 Å². The van der Waals surface area contributed by atoms with E-state index in [4.69, 9.17) is 0 Å². The molecule has 0 spiro atoms. The van der Waals surface area contributed by atoms with Gasteiger partial charge in [0.15, 0.2) is 0 Å². The largest absolute Gasteiger partial charge is 0.396 e. The van der Waals surface area contributed by atoms with Gasteiger partial charge in [-0.05, 0) is 19.3 Å². The summed E-state index contributed by atoms with van der Waals surface area (Å²) in [7, 11) is 1.96. The van der Waals surface area contributed by atoms with Gasteiger partial charge < -0.3 is 10.4 Å². The Kier molecular flexibility index (Phi) is 3.30. The molecule has 2 N–H and O–H groups in total. The average Bonchev–Trinajstić information content (AvgIpc) is 2.97. The molecule has 0 aliphatic heterocycles. The van der Waals surface area contributed by atoms with Crippen molar-refractivity contribution in [1.29, 1.82) is 0 Å². The van der Waals surface area contributed by atoms with E-state index in [0.717, 1.165) is 32.4 Å². The van der Waals surface area contributed by atoms with E-state index in [2.05, 4.69) is 23.5 Å². The summed E-state index contributed by atoms with van der Waals surface area (Å²) in [5.74, 6) is 0. The van der Waals surface area contributed by atoms with E-state index in [1.54, 1.807) is 0 Å². The third-order valence-corrected chi connectivity index (χ3v) is 3.43. The summed E-state index contributed by atoms with van der Waals surface area (Å²) >= 11 is 0. The maximum absolute atomic E-state index is 9.20. The third kappa shape index (κ3) is 2.44. The molecular weight excluding hydrogens is 202 g/mol. The highest BCUT2D eigenvalue weighted by Gasteiger charge is 2.41. The number of hydrogen-bond acceptors (Lipinski definition) is 3. The summed E-state index contributed by atoms with van der Waals surface area (Å²) in [5, 5.41) is 17.0. The molecule has 4 nitrogen and oxygen atoms in total. The van der Waals surface area contributed by atoms with Crippen LogP contribution in [0.4, 0.5) is 0 Å². The summed E-state index contributed by atoms with van der Waals surface area (Å²) in [6.45, 7) is 4.22.